The van der Waals surface area contributed by atoms with E-state index in [2.05, 4.69) is 96.7 Å². The third-order valence-electron chi connectivity index (χ3n) is 35.4. The molecule has 9 spiro atoms. The molecule has 23 rings (SSSR count). The van der Waals surface area contributed by atoms with Crippen molar-refractivity contribution in [3.05, 3.63) is 95.1 Å². The van der Waals surface area contributed by atoms with Crippen molar-refractivity contribution < 1.29 is 53.1 Å². The minimum absolute atomic E-state index is 0.0221. The molecule has 32 unspecified atom stereocenters. The summed E-state index contributed by atoms with van der Waals surface area (Å²) in [6.07, 6.45) is 30.7. The fourth-order valence-corrected chi connectivity index (χ4v) is 34.1. The molecule has 94 heavy (non-hydrogen) atoms. The largest absolute Gasteiger partial charge is 0.469 e. The Morgan fingerprint density at radius 3 is 2.66 bits per heavy atom. The fourth-order valence-electron chi connectivity index (χ4n) is 34.1. The molecule has 13 nitrogen and oxygen atoms in total. The summed E-state index contributed by atoms with van der Waals surface area (Å²) in [5.41, 5.74) is -6.48. The van der Waals surface area contributed by atoms with Gasteiger partial charge in [-0.25, -0.2) is 4.79 Å². The Labute approximate surface area is 552 Å². The van der Waals surface area contributed by atoms with E-state index in [-0.39, 0.29) is 77.2 Å². The average molecular weight is 1270 g/mol. The molecule has 1 aromatic carbocycles. The van der Waals surface area contributed by atoms with Crippen molar-refractivity contribution >= 4 is 17.7 Å². The highest BCUT2D eigenvalue weighted by Crippen LogP contribution is 2.99. The molecule has 1 aromatic heterocycles. The van der Waals surface area contributed by atoms with Gasteiger partial charge in [-0.2, -0.15) is 0 Å². The van der Waals surface area contributed by atoms with Crippen LogP contribution < -0.4 is 5.32 Å². The molecule has 4 N–H and O–H groups in total. The summed E-state index contributed by atoms with van der Waals surface area (Å²) in [4.78, 5) is 54.2. The highest BCUT2D eigenvalue weighted by molar-refractivity contribution is 5.96. The van der Waals surface area contributed by atoms with Gasteiger partial charge in [0, 0.05) is 46.7 Å². The summed E-state index contributed by atoms with van der Waals surface area (Å²) in [6.45, 7) is 6.08. The number of carbonyl (C=O) groups is 3. The van der Waals surface area contributed by atoms with Gasteiger partial charge in [-0.15, -0.1) is 0 Å². The molecule has 494 valence electrons. The summed E-state index contributed by atoms with van der Waals surface area (Å²) in [5.74, 6) is 8.34. The zero-order valence-corrected chi connectivity index (χ0v) is 54.9. The topological polar surface area (TPSA) is 181 Å². The second kappa shape index (κ2) is 17.5. The van der Waals surface area contributed by atoms with E-state index in [0.717, 1.165) is 88.5 Å². The van der Waals surface area contributed by atoms with Crippen LogP contribution in [0.15, 0.2) is 77.1 Å². The lowest BCUT2D eigenvalue weighted by Gasteiger charge is -2.76. The number of nitrogens with zero attached hydrogens (tertiary/aromatic N) is 1. The Hall–Kier alpha value is -4.55. The number of Topliss-reactive ketones (excluding diaryl/α,β-unsaturated/α-hetero) is 1. The third kappa shape index (κ3) is 5.45. The molecule has 21 aliphatic rings. The van der Waals surface area contributed by atoms with Crippen LogP contribution in [0.1, 0.15) is 158 Å². The Kier molecular flexibility index (Phi) is 10.5. The van der Waals surface area contributed by atoms with Gasteiger partial charge in [0.2, 0.25) is 0 Å². The number of hydrogen-bond acceptors (Lipinski definition) is 13. The second-order valence-electron chi connectivity index (χ2n) is 36.8. The van der Waals surface area contributed by atoms with Crippen molar-refractivity contribution in [3.8, 4) is 11.8 Å². The number of cyclic esters (lactones) is 1. The zero-order chi connectivity index (χ0) is 62.6. The molecule has 2 aromatic rings. The molecule has 7 aliphatic heterocycles. The van der Waals surface area contributed by atoms with Crippen molar-refractivity contribution in [1.29, 1.82) is 0 Å². The van der Waals surface area contributed by atoms with E-state index in [1.807, 2.05) is 6.26 Å². The predicted octanol–water partition coefficient (Wildman–Crippen LogP) is 10.1. The highest BCUT2D eigenvalue weighted by atomic mass is 16.7. The Balaban J connectivity index is 0.802. The van der Waals surface area contributed by atoms with Gasteiger partial charge in [-0.05, 0) is 252 Å². The lowest BCUT2D eigenvalue weighted by Crippen LogP contribution is -2.85. The number of nitrogens with one attached hydrogen (secondary N) is 1. The van der Waals surface area contributed by atoms with Crippen molar-refractivity contribution in [3.63, 3.8) is 0 Å². The first-order valence-electron chi connectivity index (χ1n) is 38.1. The molecule has 10 bridgehead atoms. The van der Waals surface area contributed by atoms with Crippen LogP contribution in [0.2, 0.25) is 0 Å². The summed E-state index contributed by atoms with van der Waals surface area (Å²) in [6, 6.07) is 11.3. The first-order chi connectivity index (χ1) is 45.6. The molecule has 16 fully saturated rings. The second-order valence-corrected chi connectivity index (χ2v) is 36.8. The minimum Gasteiger partial charge on any atom is -0.469 e. The number of benzene rings is 1. The normalized spacial score (nSPS) is 57.3. The lowest BCUT2D eigenvalue weighted by atomic mass is 9.27. The number of fused-ring (bicyclic) bond motifs is 8. The Morgan fingerprint density at radius 2 is 1.78 bits per heavy atom. The number of aliphatic hydroxyl groups is 3. The molecule has 5 saturated heterocycles. The average Bonchev–Trinajstić information content (AvgIpc) is 1.39. The van der Waals surface area contributed by atoms with Crippen LogP contribution in [-0.2, 0) is 58.2 Å². The number of carbonyl (C=O) groups excluding carboxylic acids is 3. The van der Waals surface area contributed by atoms with E-state index in [9.17, 15) is 10.2 Å². The van der Waals surface area contributed by atoms with Gasteiger partial charge in [0.05, 0.1) is 48.5 Å². The van der Waals surface area contributed by atoms with Gasteiger partial charge in [0.15, 0.2) is 17.5 Å². The first kappa shape index (κ1) is 56.3. The molecule has 13 heteroatoms. The van der Waals surface area contributed by atoms with E-state index < -0.39 is 97.4 Å². The quantitative estimate of drug-likeness (QED) is 0.0891. The molecule has 32 atom stereocenters. The van der Waals surface area contributed by atoms with Crippen molar-refractivity contribution in [2.75, 3.05) is 26.4 Å². The summed E-state index contributed by atoms with van der Waals surface area (Å²) >= 11 is 0. The Morgan fingerprint density at radius 1 is 0.883 bits per heavy atom. The van der Waals surface area contributed by atoms with Crippen LogP contribution in [0.3, 0.4) is 0 Å². The zero-order valence-electron chi connectivity index (χ0n) is 54.9. The minimum atomic E-state index is -1.57. The summed E-state index contributed by atoms with van der Waals surface area (Å²) < 4.78 is 39.2. The van der Waals surface area contributed by atoms with Gasteiger partial charge in [0.25, 0.3) is 0 Å². The molecule has 0 radical (unpaired) electrons. The predicted molar refractivity (Wildman–Crippen MR) is 341 cm³/mol. The van der Waals surface area contributed by atoms with Gasteiger partial charge in [-0.3, -0.25) is 14.9 Å². The molecular formula is C81H94N2O11. The van der Waals surface area contributed by atoms with E-state index in [4.69, 9.17) is 23.4 Å². The summed E-state index contributed by atoms with van der Waals surface area (Å²) in [5, 5.41) is 42.6. The number of aryl methyl sites for hydroxylation is 1. The SMILES string of the molecule is CC12CC=C3CC4CC5C=CC67C(=O)OCC8(C1C(=O)C(O)C19C%10CC(Cc%11ccccc%11)CCC%10C#CC%10CCc%11coc(CC(C(O)CO)C%12CCC%13C(C=CN%14CNCC%13%14)C%12)c%11C%10%11OC(=O)C%10OC%101C%11(C)CC(C89)C1CC8CCC9CCCC9%10CCC5(C8%10)C416)C37O2. The van der Waals surface area contributed by atoms with Crippen LogP contribution in [-0.4, -0.2) is 106 Å². The van der Waals surface area contributed by atoms with Crippen molar-refractivity contribution in [1.82, 2.24) is 10.2 Å². The number of allylic oxidation sites excluding steroid dienone is 2. The van der Waals surface area contributed by atoms with E-state index in [1.165, 1.54) is 49.7 Å². The lowest BCUT2D eigenvalue weighted by molar-refractivity contribution is -0.325. The van der Waals surface area contributed by atoms with E-state index in [1.54, 1.807) is 0 Å². The first-order valence-corrected chi connectivity index (χ1v) is 38.1. The standard InChI is InChI=1S/C81H94N2O11/c1-71-24-20-52-34-53-33-51-21-25-76-70(89)91-40-75(80(52,76)94-71)65-56(58-32-47-13-16-49-9-6-23-73(49)26-27-74(51,64(47)73)78(53,58)76)36-72(2)79-50(18-14-48-39-90-61(62(48)79)35-55(60(85)38-84)45-15-19-54-46(31-45)22-28-83-41-82-37-59(54)83)17-12-44-11-10-43(29-42-7-4-3-5-8-42)30-57(44)77(65,67(87)63(86)66(71)75)81(72)68(92-81)69(88)93-79/h3-5,7-8,20-22,25,28,39,43-47,49-51,53-60,64-68,82,84-85,87H,6,9-11,13-16,18-19,23-24,26-27,29-38,40-41H2,1-2H3. The number of ketones is 1. The van der Waals surface area contributed by atoms with Crippen LogP contribution in [0.5, 0.6) is 0 Å². The number of hydrogen-bond donors (Lipinski definition) is 4. The molecule has 0 amide bonds. The molecular weight excluding hydrogens is 1180 g/mol. The van der Waals surface area contributed by atoms with Gasteiger partial charge in [-0.1, -0.05) is 79.8 Å². The van der Waals surface area contributed by atoms with Crippen molar-refractivity contribution in [2.45, 2.75) is 202 Å². The van der Waals surface area contributed by atoms with Crippen LogP contribution in [0.4, 0.5) is 0 Å². The maximum atomic E-state index is 17.8. The van der Waals surface area contributed by atoms with Gasteiger partial charge >= 0.3 is 11.9 Å². The molecule has 14 aliphatic carbocycles. The smallest absolute Gasteiger partial charge is 0.339 e. The van der Waals surface area contributed by atoms with Crippen LogP contribution in [0, 0.1) is 150 Å². The number of rotatable bonds is 7. The fraction of sp³-hybridized carbons (Fsp3) is 0.741. The summed E-state index contributed by atoms with van der Waals surface area (Å²) in [7, 11) is 0. The third-order valence-corrected chi connectivity index (χ3v) is 35.4. The van der Waals surface area contributed by atoms with E-state index in [0.29, 0.717) is 85.8 Å². The van der Waals surface area contributed by atoms with Crippen LogP contribution in [0.25, 0.3) is 0 Å². The monoisotopic (exact) mass is 1270 g/mol. The number of aliphatic hydroxyl groups excluding tert-OH is 3. The van der Waals surface area contributed by atoms with Gasteiger partial charge in [0.1, 0.15) is 35.1 Å². The number of esters is 2. The van der Waals surface area contributed by atoms with E-state index >= 15 is 19.5 Å². The Bertz CT molecular complexity index is 3940. The van der Waals surface area contributed by atoms with Crippen LogP contribution >= 0.6 is 0 Å². The number of furan rings is 1. The van der Waals surface area contributed by atoms with Gasteiger partial charge < -0.3 is 43.6 Å². The molecule has 8 heterocycles. The maximum absolute atomic E-state index is 17.8. The highest BCUT2D eigenvalue weighted by Gasteiger charge is 3.04. The number of epoxide rings is 1. The maximum Gasteiger partial charge on any atom is 0.339 e. The molecule has 11 saturated carbocycles. The number of ether oxygens (including phenoxy) is 4. The van der Waals surface area contributed by atoms with Crippen molar-refractivity contribution in [2.24, 2.45) is 139 Å².